The number of nitrogens with one attached hydrogen (secondary N) is 1. The number of nitrogens with zero attached hydrogens (tertiary/aromatic N) is 5. The van der Waals surface area contributed by atoms with Crippen LogP contribution in [-0.4, -0.2) is 84.0 Å². The van der Waals surface area contributed by atoms with Gasteiger partial charge in [0.2, 0.25) is 5.95 Å². The van der Waals surface area contributed by atoms with Gasteiger partial charge in [-0.15, -0.1) is 0 Å². The second-order valence-corrected chi connectivity index (χ2v) is 8.66. The second kappa shape index (κ2) is 10.2. The first kappa shape index (κ1) is 24.6. The normalized spacial score (nSPS) is 24.5. The molecule has 2 aromatic rings. The Morgan fingerprint density at radius 1 is 1.30 bits per heavy atom. The van der Waals surface area contributed by atoms with E-state index in [4.69, 9.17) is 20.4 Å². The van der Waals surface area contributed by atoms with E-state index in [0.29, 0.717) is 31.6 Å². The van der Waals surface area contributed by atoms with Crippen molar-refractivity contribution < 1.29 is 24.5 Å². The van der Waals surface area contributed by atoms with Crippen LogP contribution in [0.25, 0.3) is 0 Å². The molecule has 0 unspecified atom stereocenters. The smallest absolute Gasteiger partial charge is 0.290 e. The van der Waals surface area contributed by atoms with Gasteiger partial charge in [0, 0.05) is 51.2 Å². The van der Waals surface area contributed by atoms with E-state index >= 15 is 0 Å². The molecular weight excluding hydrogens is 430 g/mol. The third-order valence-electron chi connectivity index (χ3n) is 6.40. The zero-order valence-electron chi connectivity index (χ0n) is 18.8. The maximum absolute atomic E-state index is 12.7. The number of amides is 1. The molecule has 0 radical (unpaired) electrons. The first-order chi connectivity index (χ1) is 15.7. The fourth-order valence-electron chi connectivity index (χ4n) is 4.50. The zero-order chi connectivity index (χ0) is 24.1. The number of ether oxygens (including phenoxy) is 1. The van der Waals surface area contributed by atoms with Crippen LogP contribution >= 0.6 is 0 Å². The number of imidazole rings is 1. The van der Waals surface area contributed by atoms with E-state index < -0.39 is 17.2 Å². The number of aromatic nitrogens is 4. The Bertz CT molecular complexity index is 943. The van der Waals surface area contributed by atoms with Gasteiger partial charge >= 0.3 is 0 Å². The molecule has 2 atom stereocenters. The minimum atomic E-state index is -0.807. The minimum absolute atomic E-state index is 0.241. The molecular formula is C21H31N7O5. The van der Waals surface area contributed by atoms with Crippen molar-refractivity contribution in [1.29, 1.82) is 0 Å². The highest BCUT2D eigenvalue weighted by atomic mass is 16.5. The van der Waals surface area contributed by atoms with Gasteiger partial charge in [0.1, 0.15) is 11.8 Å². The number of aliphatic hydroxyl groups is 1. The highest BCUT2D eigenvalue weighted by Gasteiger charge is 2.53. The first-order valence-electron chi connectivity index (χ1n) is 10.7. The van der Waals surface area contributed by atoms with Gasteiger partial charge in [0.05, 0.1) is 23.7 Å². The lowest BCUT2D eigenvalue weighted by atomic mass is 9.73. The number of carbonyl (C=O) groups excluding carboxylic acids is 1. The van der Waals surface area contributed by atoms with Crippen molar-refractivity contribution in [2.45, 2.75) is 50.0 Å². The standard InChI is InChI=1S/C20H29N7O3.CH2O2/c1-19(25-16(28)15-11-22-13-26(15)2)5-8-30-20(17(19)29)3-6-27(7-4-20)12-14-9-23-18(21)24-10-14;2-1-3/h9-11,13,17,29H,3-8,12H2,1-2H3,(H,25,28)(H2,21,23,24);1H,(H,2,3)/t17-,19+;/m0./s1. The number of nitrogen functional groups attached to an aromatic ring is 1. The molecule has 2 aromatic heterocycles. The monoisotopic (exact) mass is 461 g/mol. The Labute approximate surface area is 191 Å². The molecule has 0 aromatic carbocycles. The topological polar surface area (TPSA) is 169 Å². The minimum Gasteiger partial charge on any atom is -0.483 e. The van der Waals surface area contributed by atoms with E-state index in [1.807, 2.05) is 6.92 Å². The molecule has 1 amide bonds. The molecule has 2 aliphatic rings. The van der Waals surface area contributed by atoms with Crippen LogP contribution in [-0.2, 0) is 23.1 Å². The number of aliphatic hydroxyl groups excluding tert-OH is 1. The lowest BCUT2D eigenvalue weighted by molar-refractivity contribution is -0.205. The molecule has 12 nitrogen and oxygen atoms in total. The SMILES string of the molecule is Cn1cncc1C(=O)N[C@]1(C)CCOC2(CCN(Cc3cnc(N)nc3)CC2)[C@H]1O.O=CO. The van der Waals surface area contributed by atoms with Crippen LogP contribution < -0.4 is 11.1 Å². The van der Waals surface area contributed by atoms with Crippen LogP contribution in [0.4, 0.5) is 5.95 Å². The molecule has 0 bridgehead atoms. The van der Waals surface area contributed by atoms with E-state index in [2.05, 4.69) is 25.2 Å². The van der Waals surface area contributed by atoms with Crippen molar-refractivity contribution in [3.8, 4) is 0 Å². The van der Waals surface area contributed by atoms with E-state index in [0.717, 1.165) is 25.2 Å². The van der Waals surface area contributed by atoms with Crippen LogP contribution in [0.1, 0.15) is 42.2 Å². The van der Waals surface area contributed by atoms with E-state index in [9.17, 15) is 9.90 Å². The van der Waals surface area contributed by atoms with Gasteiger partial charge in [-0.3, -0.25) is 14.5 Å². The van der Waals surface area contributed by atoms with Gasteiger partial charge in [0.25, 0.3) is 12.4 Å². The Balaban J connectivity index is 0.000000968. The molecule has 33 heavy (non-hydrogen) atoms. The average molecular weight is 462 g/mol. The maximum Gasteiger partial charge on any atom is 0.290 e. The lowest BCUT2D eigenvalue weighted by Gasteiger charge is -2.53. The summed E-state index contributed by atoms with van der Waals surface area (Å²) in [7, 11) is 1.77. The van der Waals surface area contributed by atoms with Crippen LogP contribution in [0.15, 0.2) is 24.9 Å². The molecule has 2 saturated heterocycles. The van der Waals surface area contributed by atoms with Gasteiger partial charge in [-0.25, -0.2) is 15.0 Å². The summed E-state index contributed by atoms with van der Waals surface area (Å²) in [5, 5.41) is 21.2. The van der Waals surface area contributed by atoms with Crippen molar-refractivity contribution in [2.24, 2.45) is 7.05 Å². The lowest BCUT2D eigenvalue weighted by Crippen LogP contribution is -2.69. The number of carbonyl (C=O) groups is 2. The van der Waals surface area contributed by atoms with Gasteiger partial charge in [-0.05, 0) is 26.2 Å². The number of hydrogen-bond donors (Lipinski definition) is 4. The summed E-state index contributed by atoms with van der Waals surface area (Å²) in [4.78, 5) is 35.5. The summed E-state index contributed by atoms with van der Waals surface area (Å²) >= 11 is 0. The summed E-state index contributed by atoms with van der Waals surface area (Å²) in [5.41, 5.74) is 5.58. The fraction of sp³-hybridized carbons (Fsp3) is 0.571. The number of piperidine rings is 1. The van der Waals surface area contributed by atoms with Gasteiger partial charge < -0.3 is 30.6 Å². The molecule has 5 N–H and O–H groups in total. The van der Waals surface area contributed by atoms with Crippen LogP contribution in [0, 0.1) is 0 Å². The summed E-state index contributed by atoms with van der Waals surface area (Å²) in [5.74, 6) is 0.0249. The average Bonchev–Trinajstić information content (AvgIpc) is 3.22. The van der Waals surface area contributed by atoms with E-state index in [1.54, 1.807) is 30.3 Å². The maximum atomic E-state index is 12.7. The number of nitrogens with two attached hydrogens (primary N) is 1. The Morgan fingerprint density at radius 3 is 2.52 bits per heavy atom. The molecule has 1 spiro atoms. The molecule has 2 fully saturated rings. The number of rotatable bonds is 4. The highest BCUT2D eigenvalue weighted by Crippen LogP contribution is 2.40. The fourth-order valence-corrected chi connectivity index (χ4v) is 4.50. The quantitative estimate of drug-likeness (QED) is 0.447. The predicted octanol–water partition coefficient (Wildman–Crippen LogP) is -0.202. The van der Waals surface area contributed by atoms with E-state index in [-0.39, 0.29) is 18.3 Å². The third-order valence-corrected chi connectivity index (χ3v) is 6.40. The molecule has 4 rings (SSSR count). The molecule has 2 aliphatic heterocycles. The number of carboxylic acid groups (broad SMARTS) is 1. The number of likely N-dealkylation sites (tertiary alicyclic amines) is 1. The van der Waals surface area contributed by atoms with Crippen molar-refractivity contribution in [1.82, 2.24) is 29.7 Å². The predicted molar refractivity (Wildman–Crippen MR) is 118 cm³/mol. The highest BCUT2D eigenvalue weighted by molar-refractivity contribution is 5.92. The van der Waals surface area contributed by atoms with Crippen LogP contribution in [0.3, 0.4) is 0 Å². The number of aryl methyl sites for hydroxylation is 1. The van der Waals surface area contributed by atoms with Gasteiger partial charge in [-0.2, -0.15) is 0 Å². The second-order valence-electron chi connectivity index (χ2n) is 8.66. The molecule has 0 aliphatic carbocycles. The molecule has 4 heterocycles. The van der Waals surface area contributed by atoms with Crippen LogP contribution in [0.5, 0.6) is 0 Å². The zero-order valence-corrected chi connectivity index (χ0v) is 18.8. The van der Waals surface area contributed by atoms with Crippen molar-refractivity contribution in [2.75, 3.05) is 25.4 Å². The summed E-state index contributed by atoms with van der Waals surface area (Å²) in [6.07, 6.45) is 7.69. The van der Waals surface area contributed by atoms with Crippen molar-refractivity contribution in [3.63, 3.8) is 0 Å². The molecule has 12 heteroatoms. The summed E-state index contributed by atoms with van der Waals surface area (Å²) in [6, 6.07) is 0. The van der Waals surface area contributed by atoms with Gasteiger partial charge in [-0.1, -0.05) is 0 Å². The van der Waals surface area contributed by atoms with E-state index in [1.165, 1.54) is 6.20 Å². The Hall–Kier alpha value is -3.09. The molecule has 0 saturated carbocycles. The Morgan fingerprint density at radius 2 is 1.94 bits per heavy atom. The third kappa shape index (κ3) is 5.46. The largest absolute Gasteiger partial charge is 0.483 e. The summed E-state index contributed by atoms with van der Waals surface area (Å²) < 4.78 is 7.80. The van der Waals surface area contributed by atoms with Gasteiger partial charge in [0.15, 0.2) is 0 Å². The van der Waals surface area contributed by atoms with Crippen molar-refractivity contribution >= 4 is 18.3 Å². The molecule has 180 valence electrons. The number of anilines is 1. The summed E-state index contributed by atoms with van der Waals surface area (Å²) in [6.45, 7) is 4.40. The first-order valence-corrected chi connectivity index (χ1v) is 10.7. The van der Waals surface area contributed by atoms with Crippen LogP contribution in [0.2, 0.25) is 0 Å². The Kier molecular flexibility index (Phi) is 7.61. The van der Waals surface area contributed by atoms with Crippen molar-refractivity contribution in [3.05, 3.63) is 36.2 Å². The number of hydrogen-bond acceptors (Lipinski definition) is 9.